The molecule has 1 amide bonds. The summed E-state index contributed by atoms with van der Waals surface area (Å²) in [4.78, 5) is 21.0. The second kappa shape index (κ2) is 7.55. The SMILES string of the molecule is CC(C)(CNC(=O)c1ccccc1F)n1nc(-c2ccccc2)c2c(N)ncnc21. The summed E-state index contributed by atoms with van der Waals surface area (Å²) in [6.45, 7) is 4.03. The van der Waals surface area contributed by atoms with E-state index < -0.39 is 17.3 Å². The Balaban J connectivity index is 1.71. The van der Waals surface area contributed by atoms with Gasteiger partial charge >= 0.3 is 0 Å². The topological polar surface area (TPSA) is 98.7 Å². The van der Waals surface area contributed by atoms with Crippen LogP contribution in [0.5, 0.6) is 0 Å². The molecular formula is C22H21FN6O. The van der Waals surface area contributed by atoms with Gasteiger partial charge in [-0.3, -0.25) is 4.79 Å². The normalized spacial score (nSPS) is 11.6. The summed E-state index contributed by atoms with van der Waals surface area (Å²) in [6, 6.07) is 15.5. The third kappa shape index (κ3) is 3.47. The van der Waals surface area contributed by atoms with Crippen LogP contribution in [0.3, 0.4) is 0 Å². The minimum Gasteiger partial charge on any atom is -0.383 e. The Hall–Kier alpha value is -3.81. The molecule has 2 heterocycles. The van der Waals surface area contributed by atoms with Gasteiger partial charge in [0.25, 0.3) is 5.91 Å². The molecule has 30 heavy (non-hydrogen) atoms. The fourth-order valence-corrected chi connectivity index (χ4v) is 3.31. The maximum Gasteiger partial charge on any atom is 0.254 e. The smallest absolute Gasteiger partial charge is 0.254 e. The lowest BCUT2D eigenvalue weighted by atomic mass is 10.1. The predicted octanol–water partition coefficient (Wildman–Crippen LogP) is 3.38. The third-order valence-corrected chi connectivity index (χ3v) is 4.91. The van der Waals surface area contributed by atoms with Crippen molar-refractivity contribution in [2.75, 3.05) is 12.3 Å². The van der Waals surface area contributed by atoms with Crippen molar-refractivity contribution >= 4 is 22.8 Å². The second-order valence-corrected chi connectivity index (χ2v) is 7.56. The Morgan fingerprint density at radius 3 is 2.53 bits per heavy atom. The standard InChI is InChI=1S/C22H21FN6O/c1-22(2,12-25-21(30)15-10-6-7-11-16(15)23)29-20-17(19(24)26-13-27-20)18(28-29)14-8-4-3-5-9-14/h3-11,13H,12H2,1-2H3,(H,25,30)(H2,24,26,27). The first-order valence-electron chi connectivity index (χ1n) is 9.46. The molecular weight excluding hydrogens is 383 g/mol. The molecule has 0 saturated carbocycles. The van der Waals surface area contributed by atoms with Gasteiger partial charge in [0.15, 0.2) is 5.65 Å². The number of nitrogens with zero attached hydrogens (tertiary/aromatic N) is 4. The lowest BCUT2D eigenvalue weighted by Crippen LogP contribution is -2.41. The summed E-state index contributed by atoms with van der Waals surface area (Å²) in [5, 5.41) is 8.21. The molecule has 2 aromatic heterocycles. The van der Waals surface area contributed by atoms with Gasteiger partial charge in [0, 0.05) is 12.1 Å². The Labute approximate surface area is 172 Å². The number of fused-ring (bicyclic) bond motifs is 1. The summed E-state index contributed by atoms with van der Waals surface area (Å²) in [7, 11) is 0. The van der Waals surface area contributed by atoms with Crippen molar-refractivity contribution in [2.24, 2.45) is 0 Å². The van der Waals surface area contributed by atoms with Crippen LogP contribution in [0, 0.1) is 5.82 Å². The van der Waals surface area contributed by atoms with Crippen LogP contribution in [-0.4, -0.2) is 32.2 Å². The van der Waals surface area contributed by atoms with E-state index in [2.05, 4.69) is 15.3 Å². The monoisotopic (exact) mass is 404 g/mol. The van der Waals surface area contributed by atoms with Gasteiger partial charge in [-0.2, -0.15) is 5.10 Å². The van der Waals surface area contributed by atoms with Gasteiger partial charge in [0.05, 0.1) is 16.5 Å². The number of nitrogens with one attached hydrogen (secondary N) is 1. The molecule has 0 aliphatic heterocycles. The summed E-state index contributed by atoms with van der Waals surface area (Å²) in [6.07, 6.45) is 1.39. The molecule has 0 spiro atoms. The molecule has 2 aromatic carbocycles. The number of halogens is 1. The first-order valence-corrected chi connectivity index (χ1v) is 9.46. The van der Waals surface area contributed by atoms with E-state index in [1.54, 1.807) is 16.8 Å². The Bertz CT molecular complexity index is 1220. The van der Waals surface area contributed by atoms with Crippen LogP contribution < -0.4 is 11.1 Å². The highest BCUT2D eigenvalue weighted by molar-refractivity contribution is 5.98. The lowest BCUT2D eigenvalue weighted by molar-refractivity contribution is 0.0932. The fraction of sp³-hybridized carbons (Fsp3) is 0.182. The molecule has 0 unspecified atom stereocenters. The summed E-state index contributed by atoms with van der Waals surface area (Å²) < 4.78 is 15.6. The average molecular weight is 404 g/mol. The predicted molar refractivity (Wildman–Crippen MR) is 113 cm³/mol. The minimum atomic E-state index is -0.674. The average Bonchev–Trinajstić information content (AvgIpc) is 3.15. The number of nitrogens with two attached hydrogens (primary N) is 1. The van der Waals surface area contributed by atoms with E-state index in [4.69, 9.17) is 10.8 Å². The van der Waals surface area contributed by atoms with E-state index in [1.165, 1.54) is 18.5 Å². The van der Waals surface area contributed by atoms with Gasteiger partial charge in [0.1, 0.15) is 23.7 Å². The zero-order valence-corrected chi connectivity index (χ0v) is 16.6. The van der Waals surface area contributed by atoms with Crippen molar-refractivity contribution in [1.82, 2.24) is 25.1 Å². The van der Waals surface area contributed by atoms with Gasteiger partial charge in [-0.05, 0) is 26.0 Å². The molecule has 4 aromatic rings. The van der Waals surface area contributed by atoms with Gasteiger partial charge in [-0.15, -0.1) is 0 Å². The Kier molecular flexibility index (Phi) is 4.91. The number of benzene rings is 2. The number of rotatable bonds is 5. The van der Waals surface area contributed by atoms with E-state index in [-0.39, 0.29) is 12.1 Å². The minimum absolute atomic E-state index is 0.00447. The van der Waals surface area contributed by atoms with E-state index in [9.17, 15) is 9.18 Å². The van der Waals surface area contributed by atoms with Crippen molar-refractivity contribution in [3.63, 3.8) is 0 Å². The van der Waals surface area contributed by atoms with Crippen LogP contribution in [0.4, 0.5) is 10.2 Å². The number of amides is 1. The van der Waals surface area contributed by atoms with Gasteiger partial charge in [-0.1, -0.05) is 42.5 Å². The molecule has 152 valence electrons. The number of carbonyl (C=O) groups is 1. The fourth-order valence-electron chi connectivity index (χ4n) is 3.31. The molecule has 4 rings (SSSR count). The molecule has 0 fully saturated rings. The largest absolute Gasteiger partial charge is 0.383 e. The zero-order chi connectivity index (χ0) is 21.3. The van der Waals surface area contributed by atoms with Gasteiger partial charge in [0.2, 0.25) is 0 Å². The molecule has 0 radical (unpaired) electrons. The van der Waals surface area contributed by atoms with Crippen LogP contribution in [0.25, 0.3) is 22.3 Å². The number of nitrogen functional groups attached to an aromatic ring is 1. The molecule has 7 nitrogen and oxygen atoms in total. The lowest BCUT2D eigenvalue weighted by Gasteiger charge is -2.26. The third-order valence-electron chi connectivity index (χ3n) is 4.91. The highest BCUT2D eigenvalue weighted by Gasteiger charge is 2.28. The molecule has 0 aliphatic rings. The molecule has 0 aliphatic carbocycles. The number of anilines is 1. The van der Waals surface area contributed by atoms with Crippen molar-refractivity contribution < 1.29 is 9.18 Å². The Morgan fingerprint density at radius 2 is 1.80 bits per heavy atom. The first-order chi connectivity index (χ1) is 14.4. The van der Waals surface area contributed by atoms with Crippen molar-refractivity contribution in [3.8, 4) is 11.3 Å². The first kappa shape index (κ1) is 19.5. The molecule has 0 bridgehead atoms. The van der Waals surface area contributed by atoms with Gasteiger partial charge in [-0.25, -0.2) is 19.0 Å². The van der Waals surface area contributed by atoms with Crippen LogP contribution in [0.2, 0.25) is 0 Å². The van der Waals surface area contributed by atoms with Crippen molar-refractivity contribution in [1.29, 1.82) is 0 Å². The van der Waals surface area contributed by atoms with E-state index >= 15 is 0 Å². The van der Waals surface area contributed by atoms with E-state index in [0.29, 0.717) is 22.5 Å². The second-order valence-electron chi connectivity index (χ2n) is 7.56. The number of hydrogen-bond acceptors (Lipinski definition) is 5. The molecule has 0 saturated heterocycles. The zero-order valence-electron chi connectivity index (χ0n) is 16.6. The maximum atomic E-state index is 13.9. The van der Waals surface area contributed by atoms with Crippen LogP contribution in [0.15, 0.2) is 60.9 Å². The van der Waals surface area contributed by atoms with Crippen molar-refractivity contribution in [2.45, 2.75) is 19.4 Å². The number of hydrogen-bond donors (Lipinski definition) is 2. The van der Waals surface area contributed by atoms with Crippen LogP contribution in [-0.2, 0) is 5.54 Å². The van der Waals surface area contributed by atoms with Gasteiger partial charge < -0.3 is 11.1 Å². The summed E-state index contributed by atoms with van der Waals surface area (Å²) >= 11 is 0. The summed E-state index contributed by atoms with van der Waals surface area (Å²) in [5.74, 6) is -0.726. The highest BCUT2D eigenvalue weighted by atomic mass is 19.1. The van der Waals surface area contributed by atoms with E-state index in [1.807, 2.05) is 44.2 Å². The van der Waals surface area contributed by atoms with Crippen molar-refractivity contribution in [3.05, 3.63) is 72.3 Å². The highest BCUT2D eigenvalue weighted by Crippen LogP contribution is 2.32. The maximum absolute atomic E-state index is 13.9. The molecule has 8 heteroatoms. The quantitative estimate of drug-likeness (QED) is 0.531. The van der Waals surface area contributed by atoms with Crippen LogP contribution in [0.1, 0.15) is 24.2 Å². The Morgan fingerprint density at radius 1 is 1.10 bits per heavy atom. The molecule has 3 N–H and O–H groups in total. The number of aromatic nitrogens is 4. The van der Waals surface area contributed by atoms with E-state index in [0.717, 1.165) is 5.56 Å². The summed E-state index contributed by atoms with van der Waals surface area (Å²) in [5.41, 5.74) is 7.58. The number of carbonyl (C=O) groups excluding carboxylic acids is 1. The molecule has 0 atom stereocenters. The van der Waals surface area contributed by atoms with Crippen LogP contribution >= 0.6 is 0 Å².